The maximum absolute atomic E-state index is 12.7. The number of nitrogens with one attached hydrogen (secondary N) is 2. The van der Waals surface area contributed by atoms with Crippen LogP contribution in [0.25, 0.3) is 0 Å². The molecule has 2 atom stereocenters. The van der Waals surface area contributed by atoms with E-state index >= 15 is 0 Å². The van der Waals surface area contributed by atoms with Gasteiger partial charge < -0.3 is 15.5 Å². The fraction of sp³-hybridized carbons (Fsp3) is 0.481. The lowest BCUT2D eigenvalue weighted by Gasteiger charge is -2.26. The highest BCUT2D eigenvalue weighted by atomic mass is 16.2. The van der Waals surface area contributed by atoms with Crippen LogP contribution in [-0.4, -0.2) is 60.4 Å². The summed E-state index contributed by atoms with van der Waals surface area (Å²) in [6.45, 7) is 6.72. The van der Waals surface area contributed by atoms with E-state index in [1.165, 1.54) is 12.0 Å². The van der Waals surface area contributed by atoms with Crippen LogP contribution in [0.3, 0.4) is 0 Å². The monoisotopic (exact) mass is 447 g/mol. The van der Waals surface area contributed by atoms with E-state index < -0.39 is 0 Å². The average Bonchev–Trinajstić information content (AvgIpc) is 3.21. The molecule has 0 aliphatic carbocycles. The largest absolute Gasteiger partial charge is 0.352 e. The average molecular weight is 448 g/mol. The van der Waals surface area contributed by atoms with Crippen molar-refractivity contribution in [3.63, 3.8) is 0 Å². The summed E-state index contributed by atoms with van der Waals surface area (Å²) in [6, 6.07) is 19.5. The van der Waals surface area contributed by atoms with Crippen molar-refractivity contribution in [1.82, 2.24) is 20.4 Å². The molecule has 2 aromatic rings. The predicted octanol–water partition coefficient (Wildman–Crippen LogP) is 3.64. The number of amides is 1. The summed E-state index contributed by atoms with van der Waals surface area (Å²) in [4.78, 5) is 21.6. The summed E-state index contributed by atoms with van der Waals surface area (Å²) >= 11 is 0. The van der Waals surface area contributed by atoms with Crippen LogP contribution in [0.2, 0.25) is 0 Å². The van der Waals surface area contributed by atoms with E-state index in [2.05, 4.69) is 57.8 Å². The lowest BCUT2D eigenvalue weighted by molar-refractivity contribution is 0.0724. The van der Waals surface area contributed by atoms with Crippen molar-refractivity contribution in [2.45, 2.75) is 57.8 Å². The molecule has 2 heterocycles. The van der Waals surface area contributed by atoms with Crippen molar-refractivity contribution in [3.05, 3.63) is 71.3 Å². The highest BCUT2D eigenvalue weighted by Crippen LogP contribution is 2.20. The van der Waals surface area contributed by atoms with Gasteiger partial charge in [-0.2, -0.15) is 0 Å². The number of hydrogen-bond acceptors (Lipinski definition) is 3. The van der Waals surface area contributed by atoms with Gasteiger partial charge in [0, 0.05) is 57.4 Å². The number of benzene rings is 2. The Morgan fingerprint density at radius 2 is 1.73 bits per heavy atom. The number of nitrogens with zero attached hydrogens (tertiary/aromatic N) is 3. The van der Waals surface area contributed by atoms with Gasteiger partial charge in [0.25, 0.3) is 5.91 Å². The quantitative estimate of drug-likeness (QED) is 0.524. The molecular formula is C27H37N5O. The van der Waals surface area contributed by atoms with E-state index in [0.717, 1.165) is 62.5 Å². The molecule has 1 amide bonds. The minimum Gasteiger partial charge on any atom is -0.352 e. The molecule has 2 saturated heterocycles. The fourth-order valence-corrected chi connectivity index (χ4v) is 4.86. The standard InChI is InChI=1S/C27H37N5O/c1-21-17-25(20-32(21)19-23-9-5-3-6-10-23)30-27(28-2)29-18-22-11-13-24(14-12-22)26(33)31-15-7-4-8-16-31/h3,5-6,9-14,21,25H,4,7-8,15-20H2,1-2H3,(H2,28,29,30). The SMILES string of the molecule is CN=C(NCc1ccc(C(=O)N2CCCCC2)cc1)NC1CC(C)N(Cc2ccccc2)C1. The molecule has 6 nitrogen and oxygen atoms in total. The van der Waals surface area contributed by atoms with Gasteiger partial charge >= 0.3 is 0 Å². The van der Waals surface area contributed by atoms with Crippen molar-refractivity contribution < 1.29 is 4.79 Å². The summed E-state index contributed by atoms with van der Waals surface area (Å²) in [5.74, 6) is 0.976. The molecule has 6 heteroatoms. The van der Waals surface area contributed by atoms with E-state index in [4.69, 9.17) is 0 Å². The Kier molecular flexibility index (Phi) is 8.00. The third kappa shape index (κ3) is 6.35. The molecule has 2 unspecified atom stereocenters. The Hall–Kier alpha value is -2.86. The second-order valence-corrected chi connectivity index (χ2v) is 9.32. The molecule has 2 fully saturated rings. The number of piperidine rings is 1. The Morgan fingerprint density at radius 1 is 1.00 bits per heavy atom. The molecule has 2 aliphatic rings. The molecule has 0 spiro atoms. The van der Waals surface area contributed by atoms with E-state index in [1.54, 1.807) is 0 Å². The molecule has 2 aromatic carbocycles. The van der Waals surface area contributed by atoms with Gasteiger partial charge in [-0.1, -0.05) is 42.5 Å². The normalized spacial score (nSPS) is 21.8. The van der Waals surface area contributed by atoms with Crippen molar-refractivity contribution in [1.29, 1.82) is 0 Å². The van der Waals surface area contributed by atoms with Gasteiger partial charge in [0.1, 0.15) is 0 Å². The van der Waals surface area contributed by atoms with E-state index in [-0.39, 0.29) is 5.91 Å². The second kappa shape index (κ2) is 11.3. The van der Waals surface area contributed by atoms with Crippen LogP contribution in [0.15, 0.2) is 59.6 Å². The minimum atomic E-state index is 0.155. The fourth-order valence-electron chi connectivity index (χ4n) is 4.86. The predicted molar refractivity (Wildman–Crippen MR) is 134 cm³/mol. The second-order valence-electron chi connectivity index (χ2n) is 9.32. The Balaban J connectivity index is 1.25. The van der Waals surface area contributed by atoms with Crippen LogP contribution < -0.4 is 10.6 Å². The third-order valence-corrected chi connectivity index (χ3v) is 6.80. The topological polar surface area (TPSA) is 60.0 Å². The minimum absolute atomic E-state index is 0.155. The smallest absolute Gasteiger partial charge is 0.253 e. The number of carbonyl (C=O) groups is 1. The first-order valence-electron chi connectivity index (χ1n) is 12.3. The Bertz CT molecular complexity index is 921. The van der Waals surface area contributed by atoms with Crippen molar-refractivity contribution >= 4 is 11.9 Å². The molecular weight excluding hydrogens is 410 g/mol. The Morgan fingerprint density at radius 3 is 2.42 bits per heavy atom. The van der Waals surface area contributed by atoms with Crippen LogP contribution in [0.5, 0.6) is 0 Å². The van der Waals surface area contributed by atoms with Gasteiger partial charge in [-0.3, -0.25) is 14.7 Å². The number of hydrogen-bond donors (Lipinski definition) is 2. The molecule has 0 aromatic heterocycles. The van der Waals surface area contributed by atoms with Gasteiger partial charge in [-0.05, 0) is 55.9 Å². The summed E-state index contributed by atoms with van der Waals surface area (Å²) in [7, 11) is 1.82. The number of likely N-dealkylation sites (tertiary alicyclic amines) is 2. The van der Waals surface area contributed by atoms with Gasteiger partial charge in [-0.25, -0.2) is 0 Å². The maximum Gasteiger partial charge on any atom is 0.253 e. The number of aliphatic imine (C=N–C) groups is 1. The van der Waals surface area contributed by atoms with E-state index in [0.29, 0.717) is 18.6 Å². The zero-order valence-electron chi connectivity index (χ0n) is 20.0. The maximum atomic E-state index is 12.7. The molecule has 176 valence electrons. The van der Waals surface area contributed by atoms with Crippen molar-refractivity contribution in [3.8, 4) is 0 Å². The third-order valence-electron chi connectivity index (χ3n) is 6.80. The number of carbonyl (C=O) groups excluding carboxylic acids is 1. The van der Waals surface area contributed by atoms with E-state index in [9.17, 15) is 4.79 Å². The van der Waals surface area contributed by atoms with Crippen molar-refractivity contribution in [2.24, 2.45) is 4.99 Å². The zero-order valence-corrected chi connectivity index (χ0v) is 20.0. The van der Waals surface area contributed by atoms with Crippen molar-refractivity contribution in [2.75, 3.05) is 26.7 Å². The van der Waals surface area contributed by atoms with Gasteiger partial charge in [0.05, 0.1) is 0 Å². The molecule has 0 saturated carbocycles. The molecule has 2 N–H and O–H groups in total. The highest BCUT2D eigenvalue weighted by Gasteiger charge is 2.29. The summed E-state index contributed by atoms with van der Waals surface area (Å²) in [5, 5.41) is 7.02. The van der Waals surface area contributed by atoms with Crippen LogP contribution in [-0.2, 0) is 13.1 Å². The van der Waals surface area contributed by atoms with Crippen LogP contribution in [0, 0.1) is 0 Å². The Labute approximate surface area is 198 Å². The molecule has 0 bridgehead atoms. The van der Waals surface area contributed by atoms with Crippen LogP contribution in [0.1, 0.15) is 54.1 Å². The first-order valence-corrected chi connectivity index (χ1v) is 12.3. The summed E-state index contributed by atoms with van der Waals surface area (Å²) < 4.78 is 0. The molecule has 0 radical (unpaired) electrons. The lowest BCUT2D eigenvalue weighted by Crippen LogP contribution is -2.44. The molecule has 2 aliphatic heterocycles. The number of rotatable bonds is 6. The first kappa shape index (κ1) is 23.3. The van der Waals surface area contributed by atoms with Gasteiger partial charge in [0.15, 0.2) is 5.96 Å². The molecule has 33 heavy (non-hydrogen) atoms. The highest BCUT2D eigenvalue weighted by molar-refractivity contribution is 5.94. The van der Waals surface area contributed by atoms with Gasteiger partial charge in [-0.15, -0.1) is 0 Å². The summed E-state index contributed by atoms with van der Waals surface area (Å²) in [5.41, 5.74) is 3.27. The van der Waals surface area contributed by atoms with Gasteiger partial charge in [0.2, 0.25) is 0 Å². The van der Waals surface area contributed by atoms with Crippen LogP contribution >= 0.6 is 0 Å². The van der Waals surface area contributed by atoms with Crippen LogP contribution in [0.4, 0.5) is 0 Å². The molecule has 4 rings (SSSR count). The van der Waals surface area contributed by atoms with E-state index in [1.807, 2.05) is 36.2 Å². The zero-order chi connectivity index (χ0) is 23.0. The lowest BCUT2D eigenvalue weighted by atomic mass is 10.1. The first-order chi connectivity index (χ1) is 16.1. The number of guanidine groups is 1. The summed E-state index contributed by atoms with van der Waals surface area (Å²) in [6.07, 6.45) is 4.56.